The molecular weight excluding hydrogens is 334 g/mol. The van der Waals surface area contributed by atoms with Crippen LogP contribution in [0.25, 0.3) is 0 Å². The normalized spacial score (nSPS) is 22.5. The second-order valence-corrected chi connectivity index (χ2v) is 6.57. The van der Waals surface area contributed by atoms with Crippen molar-refractivity contribution >= 4 is 17.8 Å². The number of amides is 2. The van der Waals surface area contributed by atoms with Gasteiger partial charge in [-0.05, 0) is 25.0 Å². The summed E-state index contributed by atoms with van der Waals surface area (Å²) in [6, 6.07) is 2.77. The monoisotopic (exact) mass is 352 g/mol. The van der Waals surface area contributed by atoms with Gasteiger partial charge in [0.05, 0.1) is 17.0 Å². The molecule has 1 atom stereocenters. The highest BCUT2D eigenvalue weighted by Crippen LogP contribution is 2.43. The number of benzene rings is 1. The molecule has 1 aromatic rings. The Hall–Kier alpha value is -2.51. The first-order valence-electron chi connectivity index (χ1n) is 8.00. The molecule has 1 N–H and O–H groups in total. The summed E-state index contributed by atoms with van der Waals surface area (Å²) in [6.45, 7) is 0.411. The van der Waals surface area contributed by atoms with Crippen LogP contribution in [-0.4, -0.2) is 58.4 Å². The van der Waals surface area contributed by atoms with Crippen LogP contribution in [0.3, 0.4) is 0 Å². The van der Waals surface area contributed by atoms with Gasteiger partial charge in [-0.1, -0.05) is 0 Å². The maximum atomic E-state index is 13.8. The van der Waals surface area contributed by atoms with Gasteiger partial charge >= 0.3 is 5.97 Å². The number of halogens is 2. The minimum absolute atomic E-state index is 0.0492. The quantitative estimate of drug-likeness (QED) is 0.875. The number of aliphatic carboxylic acids is 1. The van der Waals surface area contributed by atoms with Crippen molar-refractivity contribution in [2.24, 2.45) is 5.92 Å². The molecule has 6 nitrogen and oxygen atoms in total. The highest BCUT2D eigenvalue weighted by atomic mass is 19.1. The Kier molecular flexibility index (Phi) is 4.22. The summed E-state index contributed by atoms with van der Waals surface area (Å²) in [5.74, 6) is -4.32. The maximum Gasteiger partial charge on any atom is 0.309 e. The molecule has 2 aliphatic heterocycles. The molecule has 8 heteroatoms. The Morgan fingerprint density at radius 3 is 2.44 bits per heavy atom. The van der Waals surface area contributed by atoms with E-state index in [2.05, 4.69) is 0 Å². The van der Waals surface area contributed by atoms with Crippen LogP contribution in [0.4, 0.5) is 8.78 Å². The highest BCUT2D eigenvalue weighted by molar-refractivity contribution is 5.94. The minimum Gasteiger partial charge on any atom is -0.481 e. The number of hydrogen-bond acceptors (Lipinski definition) is 3. The van der Waals surface area contributed by atoms with E-state index in [4.69, 9.17) is 0 Å². The lowest BCUT2D eigenvalue weighted by Crippen LogP contribution is -2.57. The van der Waals surface area contributed by atoms with E-state index in [1.165, 1.54) is 9.80 Å². The molecule has 0 aliphatic carbocycles. The number of carboxylic acid groups (broad SMARTS) is 1. The molecule has 1 spiro atoms. The molecule has 25 heavy (non-hydrogen) atoms. The van der Waals surface area contributed by atoms with Gasteiger partial charge in [0.2, 0.25) is 5.91 Å². The van der Waals surface area contributed by atoms with Gasteiger partial charge in [0.15, 0.2) is 0 Å². The molecule has 2 heterocycles. The topological polar surface area (TPSA) is 77.9 Å². The standard InChI is InChI=1S/C17H18F2N2O4/c1-20-14(22)9-12(16(24)25)17(20)4-6-21(7-5-17)15(23)11-3-2-10(18)8-13(11)19/h2-3,8,12H,4-7,9H2,1H3,(H,24,25)/t12-/m1/s1. The van der Waals surface area contributed by atoms with Crippen LogP contribution in [0.5, 0.6) is 0 Å². The summed E-state index contributed by atoms with van der Waals surface area (Å²) in [4.78, 5) is 38.9. The SMILES string of the molecule is CN1C(=O)C[C@H](C(=O)O)C12CCN(C(=O)c1ccc(F)cc1F)CC2. The van der Waals surface area contributed by atoms with Gasteiger partial charge in [-0.15, -0.1) is 0 Å². The summed E-state index contributed by atoms with van der Waals surface area (Å²) in [5, 5.41) is 9.44. The van der Waals surface area contributed by atoms with Crippen LogP contribution < -0.4 is 0 Å². The average Bonchev–Trinajstić information content (AvgIpc) is 2.80. The summed E-state index contributed by atoms with van der Waals surface area (Å²) in [7, 11) is 1.59. The average molecular weight is 352 g/mol. The van der Waals surface area contributed by atoms with Gasteiger partial charge in [-0.2, -0.15) is 0 Å². The molecule has 0 saturated carbocycles. The van der Waals surface area contributed by atoms with Crippen molar-refractivity contribution in [3.05, 3.63) is 35.4 Å². The molecule has 134 valence electrons. The maximum absolute atomic E-state index is 13.8. The zero-order valence-corrected chi connectivity index (χ0v) is 13.7. The third-order valence-corrected chi connectivity index (χ3v) is 5.45. The van der Waals surface area contributed by atoms with Crippen molar-refractivity contribution in [3.8, 4) is 0 Å². The fourth-order valence-electron chi connectivity index (χ4n) is 3.91. The number of piperidine rings is 1. The largest absolute Gasteiger partial charge is 0.481 e. The lowest BCUT2D eigenvalue weighted by atomic mass is 9.77. The molecule has 1 aromatic carbocycles. The van der Waals surface area contributed by atoms with E-state index in [-0.39, 0.29) is 31.0 Å². The van der Waals surface area contributed by atoms with Crippen molar-refractivity contribution in [2.75, 3.05) is 20.1 Å². The fourth-order valence-corrected chi connectivity index (χ4v) is 3.91. The van der Waals surface area contributed by atoms with Crippen molar-refractivity contribution in [3.63, 3.8) is 0 Å². The lowest BCUT2D eigenvalue weighted by Gasteiger charge is -2.45. The predicted octanol–water partition coefficient (Wildman–Crippen LogP) is 1.50. The molecular formula is C17H18F2N2O4. The van der Waals surface area contributed by atoms with Crippen LogP contribution in [0.1, 0.15) is 29.6 Å². The molecule has 2 fully saturated rings. The second-order valence-electron chi connectivity index (χ2n) is 6.57. The van der Waals surface area contributed by atoms with Crippen molar-refractivity contribution in [1.82, 2.24) is 9.80 Å². The Morgan fingerprint density at radius 1 is 1.24 bits per heavy atom. The number of carbonyl (C=O) groups excluding carboxylic acids is 2. The molecule has 2 amide bonds. The summed E-state index contributed by atoms with van der Waals surface area (Å²) < 4.78 is 26.8. The third-order valence-electron chi connectivity index (χ3n) is 5.45. The highest BCUT2D eigenvalue weighted by Gasteiger charge is 2.55. The van der Waals surface area contributed by atoms with E-state index in [9.17, 15) is 28.3 Å². The first kappa shape index (κ1) is 17.3. The van der Waals surface area contributed by atoms with Crippen LogP contribution in [0.15, 0.2) is 18.2 Å². The number of carbonyl (C=O) groups is 3. The molecule has 3 rings (SSSR count). The summed E-state index contributed by atoms with van der Waals surface area (Å²) >= 11 is 0. The van der Waals surface area contributed by atoms with Crippen molar-refractivity contribution in [2.45, 2.75) is 24.8 Å². The molecule has 0 bridgehead atoms. The smallest absolute Gasteiger partial charge is 0.309 e. The van der Waals surface area contributed by atoms with Crippen LogP contribution in [0.2, 0.25) is 0 Å². The van der Waals surface area contributed by atoms with Crippen molar-refractivity contribution in [1.29, 1.82) is 0 Å². The summed E-state index contributed by atoms with van der Waals surface area (Å²) in [6.07, 6.45) is 0.563. The van der Waals surface area contributed by atoms with E-state index < -0.39 is 35.0 Å². The Labute approximate surface area is 143 Å². The lowest BCUT2D eigenvalue weighted by molar-refractivity contribution is -0.145. The van der Waals surface area contributed by atoms with Gasteiger partial charge in [0, 0.05) is 32.6 Å². The van der Waals surface area contributed by atoms with Crippen LogP contribution in [-0.2, 0) is 9.59 Å². The number of hydrogen-bond donors (Lipinski definition) is 1. The molecule has 0 radical (unpaired) electrons. The Morgan fingerprint density at radius 2 is 1.88 bits per heavy atom. The second kappa shape index (κ2) is 6.09. The number of nitrogens with zero attached hydrogens (tertiary/aromatic N) is 2. The Balaban J connectivity index is 1.78. The van der Waals surface area contributed by atoms with Gasteiger partial charge in [0.1, 0.15) is 11.6 Å². The molecule has 2 aliphatic rings. The van der Waals surface area contributed by atoms with Gasteiger partial charge in [-0.3, -0.25) is 14.4 Å². The summed E-state index contributed by atoms with van der Waals surface area (Å²) in [5.41, 5.74) is -1.04. The van der Waals surface area contributed by atoms with Crippen molar-refractivity contribution < 1.29 is 28.3 Å². The van der Waals surface area contributed by atoms with E-state index in [0.29, 0.717) is 18.9 Å². The first-order valence-corrected chi connectivity index (χ1v) is 8.00. The molecule has 0 aromatic heterocycles. The first-order chi connectivity index (χ1) is 11.8. The van der Waals surface area contributed by atoms with Gasteiger partial charge in [0.25, 0.3) is 5.91 Å². The van der Waals surface area contributed by atoms with E-state index >= 15 is 0 Å². The zero-order valence-electron chi connectivity index (χ0n) is 13.7. The van der Waals surface area contributed by atoms with E-state index in [1.54, 1.807) is 7.05 Å². The number of likely N-dealkylation sites (tertiary alicyclic amines) is 2. The molecule has 2 saturated heterocycles. The van der Waals surface area contributed by atoms with Gasteiger partial charge in [-0.25, -0.2) is 8.78 Å². The van der Waals surface area contributed by atoms with Gasteiger partial charge < -0.3 is 14.9 Å². The minimum atomic E-state index is -1.03. The zero-order chi connectivity index (χ0) is 18.4. The van der Waals surface area contributed by atoms with Crippen LogP contribution >= 0.6 is 0 Å². The van der Waals surface area contributed by atoms with E-state index in [1.807, 2.05) is 0 Å². The van der Waals surface area contributed by atoms with Crippen LogP contribution in [0, 0.1) is 17.6 Å². The number of rotatable bonds is 2. The van der Waals surface area contributed by atoms with E-state index in [0.717, 1.165) is 12.1 Å². The molecule has 0 unspecified atom stereocenters. The Bertz CT molecular complexity index is 744. The fraction of sp³-hybridized carbons (Fsp3) is 0.471. The third kappa shape index (κ3) is 2.75. The predicted molar refractivity (Wildman–Crippen MR) is 82.7 cm³/mol. The number of carboxylic acids is 1.